The number of hydrogen-bond donors (Lipinski definition) is 1. The first kappa shape index (κ1) is 19.7. The second-order valence-electron chi connectivity index (χ2n) is 6.30. The highest BCUT2D eigenvalue weighted by Crippen LogP contribution is 2.27. The van der Waals surface area contributed by atoms with E-state index in [1.165, 1.54) is 18.4 Å². The van der Waals surface area contributed by atoms with Crippen molar-refractivity contribution in [2.24, 2.45) is 11.8 Å². The summed E-state index contributed by atoms with van der Waals surface area (Å²) in [6, 6.07) is 5.95. The lowest BCUT2D eigenvalue weighted by Crippen LogP contribution is -2.33. The van der Waals surface area contributed by atoms with E-state index in [4.69, 9.17) is 4.42 Å². The summed E-state index contributed by atoms with van der Waals surface area (Å²) in [5.74, 6) is 1.38. The minimum absolute atomic E-state index is 0. The number of fused-ring (bicyclic) bond motifs is 1. The van der Waals surface area contributed by atoms with E-state index in [0.717, 1.165) is 26.2 Å². The van der Waals surface area contributed by atoms with E-state index in [1.807, 2.05) is 4.90 Å². The Morgan fingerprint density at radius 3 is 2.48 bits per heavy atom. The topological polar surface area (TPSA) is 58.4 Å². The van der Waals surface area contributed by atoms with Crippen molar-refractivity contribution in [3.05, 3.63) is 42.0 Å². The fraction of sp³-hybridized carbons (Fsp3) is 0.412. The molecule has 5 nitrogen and oxygen atoms in total. The van der Waals surface area contributed by atoms with Crippen molar-refractivity contribution < 1.29 is 13.6 Å². The molecule has 2 aromatic rings. The van der Waals surface area contributed by atoms with E-state index in [-0.39, 0.29) is 43.0 Å². The van der Waals surface area contributed by atoms with Crippen LogP contribution in [0.1, 0.15) is 5.69 Å². The maximum absolute atomic E-state index is 12.9. The van der Waals surface area contributed by atoms with Gasteiger partial charge in [0.05, 0.1) is 12.1 Å². The Labute approximate surface area is 157 Å². The van der Waals surface area contributed by atoms with Gasteiger partial charge < -0.3 is 14.6 Å². The third-order valence-electron chi connectivity index (χ3n) is 4.72. The molecule has 2 saturated heterocycles. The first-order chi connectivity index (χ1) is 11.2. The van der Waals surface area contributed by atoms with Crippen LogP contribution in [-0.4, -0.2) is 42.0 Å². The van der Waals surface area contributed by atoms with Crippen molar-refractivity contribution in [3.63, 3.8) is 0 Å². The number of carbonyl (C=O) groups is 1. The largest absolute Gasteiger partial charge is 0.444 e. The summed E-state index contributed by atoms with van der Waals surface area (Å²) in [7, 11) is 0. The van der Waals surface area contributed by atoms with E-state index in [0.29, 0.717) is 29.0 Å². The first-order valence-electron chi connectivity index (χ1n) is 7.88. The van der Waals surface area contributed by atoms with Crippen LogP contribution in [0.15, 0.2) is 34.9 Å². The molecule has 2 aliphatic rings. The molecular formula is C17H20Cl2FN3O2. The molecule has 0 aliphatic carbocycles. The minimum atomic E-state index is -0.301. The Morgan fingerprint density at radius 2 is 1.84 bits per heavy atom. The predicted molar refractivity (Wildman–Crippen MR) is 96.5 cm³/mol. The molecule has 8 heteroatoms. The van der Waals surface area contributed by atoms with Crippen LogP contribution in [-0.2, 0) is 11.2 Å². The lowest BCUT2D eigenvalue weighted by atomic mass is 10.0. The molecule has 1 aromatic heterocycles. The number of hydrogen-bond acceptors (Lipinski definition) is 4. The summed E-state index contributed by atoms with van der Waals surface area (Å²) in [6.07, 6.45) is 1.76. The van der Waals surface area contributed by atoms with Gasteiger partial charge in [0, 0.05) is 31.7 Å². The number of carbonyl (C=O) groups excluding carboxylic acids is 1. The zero-order valence-corrected chi connectivity index (χ0v) is 15.1. The van der Waals surface area contributed by atoms with Crippen LogP contribution in [0.2, 0.25) is 0 Å². The van der Waals surface area contributed by atoms with Gasteiger partial charge in [0.1, 0.15) is 12.1 Å². The van der Waals surface area contributed by atoms with Crippen LogP contribution in [0, 0.1) is 17.7 Å². The maximum atomic E-state index is 12.9. The van der Waals surface area contributed by atoms with Crippen molar-refractivity contribution >= 4 is 30.7 Å². The lowest BCUT2D eigenvalue weighted by molar-refractivity contribution is -0.129. The van der Waals surface area contributed by atoms with Gasteiger partial charge in [0.15, 0.2) is 0 Å². The summed E-state index contributed by atoms with van der Waals surface area (Å²) in [6.45, 7) is 3.68. The molecule has 0 saturated carbocycles. The first-order valence-corrected chi connectivity index (χ1v) is 7.88. The van der Waals surface area contributed by atoms with E-state index in [9.17, 15) is 9.18 Å². The monoisotopic (exact) mass is 387 g/mol. The van der Waals surface area contributed by atoms with Gasteiger partial charge in [-0.05, 0) is 36.1 Å². The number of halogens is 3. The van der Waals surface area contributed by atoms with Crippen LogP contribution in [0.5, 0.6) is 0 Å². The zero-order valence-electron chi connectivity index (χ0n) is 13.5. The molecule has 25 heavy (non-hydrogen) atoms. The van der Waals surface area contributed by atoms with Crippen LogP contribution >= 0.6 is 24.8 Å². The van der Waals surface area contributed by atoms with Crippen LogP contribution in [0.3, 0.4) is 0 Å². The van der Waals surface area contributed by atoms with Gasteiger partial charge in [-0.3, -0.25) is 4.79 Å². The van der Waals surface area contributed by atoms with Crippen molar-refractivity contribution in [1.29, 1.82) is 0 Å². The van der Waals surface area contributed by atoms with Crippen molar-refractivity contribution in [1.82, 2.24) is 15.2 Å². The number of nitrogens with one attached hydrogen (secondary N) is 1. The molecule has 2 fully saturated rings. The molecule has 2 atom stereocenters. The second-order valence-corrected chi connectivity index (χ2v) is 6.30. The minimum Gasteiger partial charge on any atom is -0.444 e. The molecule has 0 bridgehead atoms. The Kier molecular flexibility index (Phi) is 6.43. The zero-order chi connectivity index (χ0) is 15.8. The maximum Gasteiger partial charge on any atom is 0.228 e. The van der Waals surface area contributed by atoms with Gasteiger partial charge in [-0.2, -0.15) is 0 Å². The molecule has 1 aromatic carbocycles. The average Bonchev–Trinajstić information content (AvgIpc) is 3.22. The Balaban J connectivity index is 0.00000113. The van der Waals surface area contributed by atoms with Gasteiger partial charge in [-0.25, -0.2) is 9.37 Å². The van der Waals surface area contributed by atoms with Crippen molar-refractivity contribution in [3.8, 4) is 11.5 Å². The molecule has 3 heterocycles. The molecule has 4 rings (SSSR count). The molecule has 136 valence electrons. The highest BCUT2D eigenvalue weighted by atomic mass is 35.5. The number of aromatic nitrogens is 1. The Hall–Kier alpha value is -1.63. The predicted octanol–water partition coefficient (Wildman–Crippen LogP) is 2.54. The van der Waals surface area contributed by atoms with Gasteiger partial charge >= 0.3 is 0 Å². The van der Waals surface area contributed by atoms with Crippen molar-refractivity contribution in [2.75, 3.05) is 26.2 Å². The number of amides is 1. The standard InChI is InChI=1S/C17H18FN3O2.2ClH/c18-14-3-1-11(2-4-14)17-20-15(10-23-17)5-16(22)21-8-12-6-19-7-13(12)9-21;;/h1-4,10,12-13,19H,5-9H2;2*1H/t12-,13+;;. The smallest absolute Gasteiger partial charge is 0.228 e. The summed E-state index contributed by atoms with van der Waals surface area (Å²) in [5.41, 5.74) is 1.32. The second kappa shape index (κ2) is 8.17. The van der Waals surface area contributed by atoms with Gasteiger partial charge in [0.2, 0.25) is 11.8 Å². The quantitative estimate of drug-likeness (QED) is 0.878. The molecular weight excluding hydrogens is 368 g/mol. The SMILES string of the molecule is Cl.Cl.O=C(Cc1coc(-c2ccc(F)cc2)n1)N1C[C@H]2CNC[C@H]2C1. The van der Waals surface area contributed by atoms with Gasteiger partial charge in [-0.1, -0.05) is 0 Å². The van der Waals surface area contributed by atoms with Crippen molar-refractivity contribution in [2.45, 2.75) is 6.42 Å². The summed E-state index contributed by atoms with van der Waals surface area (Å²) < 4.78 is 18.4. The number of nitrogens with zero attached hydrogens (tertiary/aromatic N) is 2. The lowest BCUT2D eigenvalue weighted by Gasteiger charge is -2.16. The fourth-order valence-electron chi connectivity index (χ4n) is 3.44. The number of oxazole rings is 1. The van der Waals surface area contributed by atoms with Crippen LogP contribution < -0.4 is 5.32 Å². The van der Waals surface area contributed by atoms with E-state index in [2.05, 4.69) is 10.3 Å². The normalized spacial score (nSPS) is 21.4. The van der Waals surface area contributed by atoms with E-state index >= 15 is 0 Å². The van der Waals surface area contributed by atoms with E-state index in [1.54, 1.807) is 12.1 Å². The molecule has 1 N–H and O–H groups in total. The molecule has 0 radical (unpaired) electrons. The summed E-state index contributed by atoms with van der Waals surface area (Å²) >= 11 is 0. The fourth-order valence-corrected chi connectivity index (χ4v) is 3.44. The average molecular weight is 388 g/mol. The number of likely N-dealkylation sites (tertiary alicyclic amines) is 1. The number of rotatable bonds is 3. The van der Waals surface area contributed by atoms with Gasteiger partial charge in [0.25, 0.3) is 0 Å². The molecule has 2 aliphatic heterocycles. The van der Waals surface area contributed by atoms with Crippen LogP contribution in [0.4, 0.5) is 4.39 Å². The molecule has 0 unspecified atom stereocenters. The summed E-state index contributed by atoms with van der Waals surface area (Å²) in [5, 5.41) is 3.37. The molecule has 1 amide bonds. The summed E-state index contributed by atoms with van der Waals surface area (Å²) in [4.78, 5) is 18.7. The van der Waals surface area contributed by atoms with Gasteiger partial charge in [-0.15, -0.1) is 24.8 Å². The Morgan fingerprint density at radius 1 is 1.20 bits per heavy atom. The highest BCUT2D eigenvalue weighted by Gasteiger charge is 2.37. The Bertz CT molecular complexity index is 711. The molecule has 0 spiro atoms. The van der Waals surface area contributed by atoms with Crippen LogP contribution in [0.25, 0.3) is 11.5 Å². The number of benzene rings is 1. The highest BCUT2D eigenvalue weighted by molar-refractivity contribution is 5.85. The van der Waals surface area contributed by atoms with E-state index < -0.39 is 0 Å². The third kappa shape index (κ3) is 4.14. The third-order valence-corrected chi connectivity index (χ3v) is 4.72.